The molecule has 1 aromatic heterocycles. The van der Waals surface area contributed by atoms with Crippen LogP contribution in [-0.2, 0) is 5.60 Å². The zero-order chi connectivity index (χ0) is 10.2. The van der Waals surface area contributed by atoms with Gasteiger partial charge in [-0.2, -0.15) is 0 Å². The Labute approximate surface area is 89.2 Å². The van der Waals surface area contributed by atoms with E-state index < -0.39 is 5.60 Å². The molecule has 1 saturated heterocycles. The van der Waals surface area contributed by atoms with Crippen LogP contribution in [0.25, 0.3) is 0 Å². The van der Waals surface area contributed by atoms with Crippen molar-refractivity contribution in [1.29, 1.82) is 0 Å². The number of aryl methyl sites for hydroxylation is 1. The smallest absolute Gasteiger partial charge is 0.0931 e. The van der Waals surface area contributed by atoms with E-state index in [1.54, 1.807) is 11.3 Å². The maximum absolute atomic E-state index is 10.5. The molecule has 2 heterocycles. The van der Waals surface area contributed by atoms with Gasteiger partial charge in [-0.1, -0.05) is 0 Å². The first-order chi connectivity index (χ1) is 6.62. The Bertz CT molecular complexity index is 313. The number of aliphatic hydroxyl groups is 1. The first kappa shape index (κ1) is 10.1. The summed E-state index contributed by atoms with van der Waals surface area (Å²) in [5, 5.41) is 12.6. The third kappa shape index (κ3) is 1.72. The van der Waals surface area contributed by atoms with Crippen LogP contribution in [0.1, 0.15) is 23.3 Å². The summed E-state index contributed by atoms with van der Waals surface area (Å²) in [4.78, 5) is 3.54. The summed E-state index contributed by atoms with van der Waals surface area (Å²) in [5.74, 6) is 0. The maximum Gasteiger partial charge on any atom is 0.0931 e. The predicted octanol–water partition coefficient (Wildman–Crippen LogP) is 1.97. The van der Waals surface area contributed by atoms with Crippen LogP contribution in [-0.4, -0.2) is 30.1 Å². The van der Waals surface area contributed by atoms with Crippen molar-refractivity contribution in [1.82, 2.24) is 4.90 Å². The molecule has 0 saturated carbocycles. The van der Waals surface area contributed by atoms with Crippen LogP contribution in [0.5, 0.6) is 0 Å². The van der Waals surface area contributed by atoms with E-state index in [9.17, 15) is 5.11 Å². The number of thiophene rings is 1. The van der Waals surface area contributed by atoms with Crippen LogP contribution in [0.4, 0.5) is 0 Å². The molecule has 1 N–H and O–H groups in total. The van der Waals surface area contributed by atoms with Gasteiger partial charge in [0.05, 0.1) is 5.60 Å². The third-order valence-electron chi connectivity index (χ3n) is 3.17. The standard InChI is InChI=1S/C11H17NOS/c1-9-10(3-8-14-9)11(13)4-6-12(2)7-5-11/h3,8,13H,4-7H2,1-2H3. The number of nitrogens with zero attached hydrogens (tertiary/aromatic N) is 1. The fourth-order valence-electron chi connectivity index (χ4n) is 2.13. The minimum absolute atomic E-state index is 0.559. The van der Waals surface area contributed by atoms with E-state index in [1.807, 2.05) is 0 Å². The molecule has 0 aromatic carbocycles. The Balaban J connectivity index is 2.21. The average molecular weight is 211 g/mol. The van der Waals surface area contributed by atoms with Gasteiger partial charge in [0.15, 0.2) is 0 Å². The molecule has 14 heavy (non-hydrogen) atoms. The van der Waals surface area contributed by atoms with Crippen LogP contribution in [0.15, 0.2) is 11.4 Å². The van der Waals surface area contributed by atoms with E-state index in [0.717, 1.165) is 31.5 Å². The molecule has 2 nitrogen and oxygen atoms in total. The summed E-state index contributed by atoms with van der Waals surface area (Å²) >= 11 is 1.72. The molecule has 0 bridgehead atoms. The molecule has 0 amide bonds. The Kier molecular flexibility index (Phi) is 2.64. The molecular formula is C11H17NOS. The second kappa shape index (κ2) is 3.65. The van der Waals surface area contributed by atoms with Crippen molar-refractivity contribution in [2.24, 2.45) is 0 Å². The topological polar surface area (TPSA) is 23.5 Å². The third-order valence-corrected chi connectivity index (χ3v) is 4.02. The van der Waals surface area contributed by atoms with Crippen molar-refractivity contribution < 1.29 is 5.11 Å². The fraction of sp³-hybridized carbons (Fsp3) is 0.636. The Hall–Kier alpha value is -0.380. The maximum atomic E-state index is 10.5. The molecule has 0 radical (unpaired) electrons. The van der Waals surface area contributed by atoms with Gasteiger partial charge in [-0.25, -0.2) is 0 Å². The average Bonchev–Trinajstić information content (AvgIpc) is 2.58. The van der Waals surface area contributed by atoms with Gasteiger partial charge in [0.1, 0.15) is 0 Å². The van der Waals surface area contributed by atoms with Crippen molar-refractivity contribution in [3.63, 3.8) is 0 Å². The van der Waals surface area contributed by atoms with E-state index in [4.69, 9.17) is 0 Å². The minimum Gasteiger partial charge on any atom is -0.385 e. The summed E-state index contributed by atoms with van der Waals surface area (Å²) in [5.41, 5.74) is 0.590. The number of likely N-dealkylation sites (tertiary alicyclic amines) is 1. The first-order valence-corrected chi connectivity index (χ1v) is 5.95. The summed E-state index contributed by atoms with van der Waals surface area (Å²) in [6, 6.07) is 2.07. The summed E-state index contributed by atoms with van der Waals surface area (Å²) in [6.45, 7) is 4.08. The van der Waals surface area contributed by atoms with Gasteiger partial charge in [0, 0.05) is 18.0 Å². The van der Waals surface area contributed by atoms with Crippen molar-refractivity contribution in [2.45, 2.75) is 25.4 Å². The van der Waals surface area contributed by atoms with Crippen molar-refractivity contribution in [3.05, 3.63) is 21.9 Å². The lowest BCUT2D eigenvalue weighted by Crippen LogP contribution is -2.40. The summed E-state index contributed by atoms with van der Waals surface area (Å²) in [7, 11) is 2.11. The van der Waals surface area contributed by atoms with Crippen molar-refractivity contribution in [2.75, 3.05) is 20.1 Å². The van der Waals surface area contributed by atoms with Gasteiger partial charge in [-0.05, 0) is 43.8 Å². The molecule has 2 rings (SSSR count). The minimum atomic E-state index is -0.559. The molecule has 78 valence electrons. The van der Waals surface area contributed by atoms with Gasteiger partial charge < -0.3 is 10.0 Å². The second-order valence-electron chi connectivity index (χ2n) is 4.23. The molecule has 3 heteroatoms. The second-order valence-corrected chi connectivity index (χ2v) is 5.35. The van der Waals surface area contributed by atoms with Gasteiger partial charge in [0.2, 0.25) is 0 Å². The van der Waals surface area contributed by atoms with Crippen molar-refractivity contribution >= 4 is 11.3 Å². The van der Waals surface area contributed by atoms with E-state index in [0.29, 0.717) is 0 Å². The lowest BCUT2D eigenvalue weighted by atomic mass is 9.85. The van der Waals surface area contributed by atoms with Crippen LogP contribution in [0.2, 0.25) is 0 Å². The molecule has 1 fully saturated rings. The molecule has 1 aliphatic rings. The summed E-state index contributed by atoms with van der Waals surface area (Å²) in [6.07, 6.45) is 1.72. The van der Waals surface area contributed by atoms with Crippen LogP contribution < -0.4 is 0 Å². The fourth-order valence-corrected chi connectivity index (χ4v) is 2.92. The normalized spacial score (nSPS) is 22.5. The number of piperidine rings is 1. The van der Waals surface area contributed by atoms with Crippen molar-refractivity contribution in [3.8, 4) is 0 Å². The largest absolute Gasteiger partial charge is 0.385 e. The molecular weight excluding hydrogens is 194 g/mol. The first-order valence-electron chi connectivity index (χ1n) is 5.07. The lowest BCUT2D eigenvalue weighted by Gasteiger charge is -2.36. The molecule has 0 spiro atoms. The molecule has 0 unspecified atom stereocenters. The highest BCUT2D eigenvalue weighted by atomic mass is 32.1. The monoisotopic (exact) mass is 211 g/mol. The van der Waals surface area contributed by atoms with E-state index >= 15 is 0 Å². The van der Waals surface area contributed by atoms with Gasteiger partial charge in [-0.3, -0.25) is 0 Å². The number of hydrogen-bond acceptors (Lipinski definition) is 3. The Morgan fingerprint density at radius 3 is 2.57 bits per heavy atom. The Morgan fingerprint density at radius 2 is 2.07 bits per heavy atom. The predicted molar refractivity (Wildman–Crippen MR) is 59.7 cm³/mol. The molecule has 0 atom stereocenters. The quantitative estimate of drug-likeness (QED) is 0.767. The summed E-state index contributed by atoms with van der Waals surface area (Å²) < 4.78 is 0. The zero-order valence-electron chi connectivity index (χ0n) is 8.79. The van der Waals surface area contributed by atoms with Gasteiger partial charge >= 0.3 is 0 Å². The van der Waals surface area contributed by atoms with Gasteiger partial charge in [-0.15, -0.1) is 11.3 Å². The molecule has 0 aliphatic carbocycles. The highest BCUT2D eigenvalue weighted by molar-refractivity contribution is 7.10. The lowest BCUT2D eigenvalue weighted by molar-refractivity contribution is -0.0204. The zero-order valence-corrected chi connectivity index (χ0v) is 9.60. The van der Waals surface area contributed by atoms with Gasteiger partial charge in [0.25, 0.3) is 0 Å². The van der Waals surface area contributed by atoms with E-state index in [1.165, 1.54) is 4.88 Å². The number of hydrogen-bond donors (Lipinski definition) is 1. The highest BCUT2D eigenvalue weighted by Gasteiger charge is 2.34. The van der Waals surface area contributed by atoms with Crippen LogP contribution in [0, 0.1) is 6.92 Å². The van der Waals surface area contributed by atoms with E-state index in [-0.39, 0.29) is 0 Å². The Morgan fingerprint density at radius 1 is 1.43 bits per heavy atom. The van der Waals surface area contributed by atoms with E-state index in [2.05, 4.69) is 30.3 Å². The molecule has 1 aromatic rings. The van der Waals surface area contributed by atoms with Crippen LogP contribution >= 0.6 is 11.3 Å². The van der Waals surface area contributed by atoms with Crippen LogP contribution in [0.3, 0.4) is 0 Å². The number of rotatable bonds is 1. The highest BCUT2D eigenvalue weighted by Crippen LogP contribution is 2.36. The molecule has 1 aliphatic heterocycles. The SMILES string of the molecule is Cc1sccc1C1(O)CCN(C)CC1.